The van der Waals surface area contributed by atoms with Gasteiger partial charge < -0.3 is 14.5 Å². The Labute approximate surface area is 158 Å². The Balaban J connectivity index is 1.90. The van der Waals surface area contributed by atoms with Crippen molar-refractivity contribution in [2.24, 2.45) is 0 Å². The van der Waals surface area contributed by atoms with E-state index in [-0.39, 0.29) is 22.3 Å². The molecule has 0 unspecified atom stereocenters. The fourth-order valence-electron chi connectivity index (χ4n) is 2.38. The van der Waals surface area contributed by atoms with E-state index in [1.165, 1.54) is 25.4 Å². The van der Waals surface area contributed by atoms with E-state index < -0.39 is 23.1 Å². The molecule has 0 saturated carbocycles. The van der Waals surface area contributed by atoms with Crippen LogP contribution in [0, 0.1) is 0 Å². The van der Waals surface area contributed by atoms with E-state index in [1.54, 1.807) is 18.2 Å². The van der Waals surface area contributed by atoms with Gasteiger partial charge in [-0.25, -0.2) is 17.2 Å². The number of hydrogen-bond donors (Lipinski definition) is 2. The maximum Gasteiger partial charge on any atom is 0.272 e. The number of nitrogens with zero attached hydrogens (tertiary/aromatic N) is 1. The highest BCUT2D eigenvalue weighted by molar-refractivity contribution is 7.93. The number of benzene rings is 1. The third-order valence-corrected chi connectivity index (χ3v) is 5.17. The van der Waals surface area contributed by atoms with Crippen molar-refractivity contribution in [3.8, 4) is 11.8 Å². The van der Waals surface area contributed by atoms with E-state index in [2.05, 4.69) is 14.7 Å². The molecule has 0 bridgehead atoms. The second kappa shape index (κ2) is 7.57. The molecule has 0 saturated heterocycles. The number of rotatable bonds is 7. The van der Waals surface area contributed by atoms with Gasteiger partial charge in [0.25, 0.3) is 16.4 Å². The van der Waals surface area contributed by atoms with Gasteiger partial charge in [0.1, 0.15) is 10.6 Å². The van der Waals surface area contributed by atoms with Crippen molar-refractivity contribution in [1.29, 1.82) is 0 Å². The Morgan fingerprint density at radius 3 is 2.78 bits per heavy atom. The van der Waals surface area contributed by atoms with E-state index in [0.717, 1.165) is 0 Å². The van der Waals surface area contributed by atoms with Gasteiger partial charge in [0.05, 0.1) is 7.11 Å². The van der Waals surface area contributed by atoms with Crippen LogP contribution in [0.3, 0.4) is 0 Å². The molecule has 0 fully saturated rings. The Kier molecular flexibility index (Phi) is 5.38. The molecule has 0 radical (unpaired) electrons. The highest BCUT2D eigenvalue weighted by Crippen LogP contribution is 2.30. The Morgan fingerprint density at radius 2 is 2.07 bits per heavy atom. The fraction of sp³-hybridized carbons (Fsp3) is 0.188. The van der Waals surface area contributed by atoms with Crippen molar-refractivity contribution in [2.45, 2.75) is 11.3 Å². The normalized spacial score (nSPS) is 11.7. The molecule has 0 spiro atoms. The molecule has 7 nitrogen and oxygen atoms in total. The number of H-pyrrole nitrogens is 1. The monoisotopic (exact) mass is 417 g/mol. The summed E-state index contributed by atoms with van der Waals surface area (Å²) >= 11 is 5.90. The Hall–Kier alpha value is -2.59. The van der Waals surface area contributed by atoms with Crippen LogP contribution in [0.4, 0.5) is 14.5 Å². The summed E-state index contributed by atoms with van der Waals surface area (Å²) in [5, 5.41) is 0.919. The van der Waals surface area contributed by atoms with Gasteiger partial charge in [-0.3, -0.25) is 4.72 Å². The van der Waals surface area contributed by atoms with Gasteiger partial charge >= 0.3 is 0 Å². The van der Waals surface area contributed by atoms with Crippen molar-refractivity contribution in [1.82, 2.24) is 9.97 Å². The molecule has 0 aliphatic rings. The molecule has 1 aromatic carbocycles. The second-order valence-electron chi connectivity index (χ2n) is 5.36. The van der Waals surface area contributed by atoms with Crippen molar-refractivity contribution in [3.05, 3.63) is 41.6 Å². The topological polar surface area (TPSA) is 93.3 Å². The SMILES string of the molecule is COc1nc(OCC(F)F)ccc1NS(=O)(=O)c1c[nH]c2cc(Cl)ccc12. The first-order valence-electron chi connectivity index (χ1n) is 7.55. The van der Waals surface area contributed by atoms with Gasteiger partial charge in [-0.15, -0.1) is 0 Å². The molecule has 0 aliphatic carbocycles. The molecule has 3 aromatic rings. The predicted octanol–water partition coefficient (Wildman–Crippen LogP) is 3.67. The number of methoxy groups -OCH3 is 1. The van der Waals surface area contributed by atoms with Crippen LogP contribution in [0.5, 0.6) is 11.8 Å². The van der Waals surface area contributed by atoms with Crippen molar-refractivity contribution >= 4 is 38.2 Å². The summed E-state index contributed by atoms with van der Waals surface area (Å²) in [5.74, 6) is -0.231. The molecule has 11 heteroatoms. The molecule has 0 atom stereocenters. The molecule has 0 amide bonds. The average Bonchev–Trinajstić information content (AvgIpc) is 3.04. The largest absolute Gasteiger partial charge is 0.479 e. The first-order valence-corrected chi connectivity index (χ1v) is 9.41. The van der Waals surface area contributed by atoms with Crippen LogP contribution in [-0.4, -0.2) is 38.5 Å². The van der Waals surface area contributed by atoms with Crippen LogP contribution in [0.1, 0.15) is 0 Å². The Bertz CT molecular complexity index is 1070. The van der Waals surface area contributed by atoms with Crippen LogP contribution >= 0.6 is 11.6 Å². The maximum atomic E-state index is 12.8. The quantitative estimate of drug-likeness (QED) is 0.611. The molecule has 2 aromatic heterocycles. The maximum absolute atomic E-state index is 12.8. The zero-order valence-electron chi connectivity index (χ0n) is 13.9. The van der Waals surface area contributed by atoms with E-state index in [1.807, 2.05) is 0 Å². The lowest BCUT2D eigenvalue weighted by Gasteiger charge is -2.12. The summed E-state index contributed by atoms with van der Waals surface area (Å²) in [5.41, 5.74) is 0.592. The van der Waals surface area contributed by atoms with Crippen molar-refractivity contribution < 1.29 is 26.7 Å². The lowest BCUT2D eigenvalue weighted by Crippen LogP contribution is -2.14. The first-order chi connectivity index (χ1) is 12.8. The van der Waals surface area contributed by atoms with Gasteiger partial charge in [0.15, 0.2) is 6.61 Å². The molecular formula is C16H14ClF2N3O4S. The number of fused-ring (bicyclic) bond motifs is 1. The highest BCUT2D eigenvalue weighted by atomic mass is 35.5. The summed E-state index contributed by atoms with van der Waals surface area (Å²) in [6, 6.07) is 7.34. The number of aromatic amines is 1. The number of sulfonamides is 1. The van der Waals surface area contributed by atoms with E-state index in [0.29, 0.717) is 15.9 Å². The smallest absolute Gasteiger partial charge is 0.272 e. The zero-order chi connectivity index (χ0) is 19.6. The fourth-order valence-corrected chi connectivity index (χ4v) is 3.79. The van der Waals surface area contributed by atoms with Gasteiger partial charge in [0.2, 0.25) is 11.8 Å². The molecule has 2 N–H and O–H groups in total. The second-order valence-corrected chi connectivity index (χ2v) is 7.44. The van der Waals surface area contributed by atoms with Crippen LogP contribution in [0.25, 0.3) is 10.9 Å². The van der Waals surface area contributed by atoms with Crippen LogP contribution in [-0.2, 0) is 10.0 Å². The van der Waals surface area contributed by atoms with E-state index >= 15 is 0 Å². The van der Waals surface area contributed by atoms with Gasteiger partial charge in [0, 0.05) is 28.2 Å². The number of alkyl halides is 2. The molecule has 2 heterocycles. The summed E-state index contributed by atoms with van der Waals surface area (Å²) in [6.07, 6.45) is -1.32. The summed E-state index contributed by atoms with van der Waals surface area (Å²) in [6.45, 7) is -0.834. The zero-order valence-corrected chi connectivity index (χ0v) is 15.4. The Morgan fingerprint density at radius 1 is 1.30 bits per heavy atom. The van der Waals surface area contributed by atoms with E-state index in [4.69, 9.17) is 21.1 Å². The number of nitrogens with one attached hydrogen (secondary N) is 2. The average molecular weight is 418 g/mol. The number of aromatic nitrogens is 2. The summed E-state index contributed by atoms with van der Waals surface area (Å²) < 4.78 is 62.2. The summed E-state index contributed by atoms with van der Waals surface area (Å²) in [7, 11) is -2.72. The standard InChI is InChI=1S/C16H14ClF2N3O4S/c1-25-16-11(4-5-15(21-16)26-8-14(18)19)22-27(23,24)13-7-20-12-6-9(17)2-3-10(12)13/h2-7,14,20,22H,8H2,1H3. The summed E-state index contributed by atoms with van der Waals surface area (Å²) in [4.78, 5) is 6.73. The third kappa shape index (κ3) is 4.22. The predicted molar refractivity (Wildman–Crippen MR) is 96.4 cm³/mol. The van der Waals surface area contributed by atoms with Gasteiger partial charge in [-0.1, -0.05) is 11.6 Å². The van der Waals surface area contributed by atoms with Crippen LogP contribution in [0.2, 0.25) is 5.02 Å². The van der Waals surface area contributed by atoms with Crippen molar-refractivity contribution in [2.75, 3.05) is 18.4 Å². The number of anilines is 1. The number of pyridine rings is 1. The number of hydrogen-bond acceptors (Lipinski definition) is 5. The lowest BCUT2D eigenvalue weighted by atomic mass is 10.2. The number of ether oxygens (including phenoxy) is 2. The van der Waals surface area contributed by atoms with Gasteiger partial charge in [-0.2, -0.15) is 4.98 Å². The minimum absolute atomic E-state index is 0.00856. The third-order valence-electron chi connectivity index (χ3n) is 3.52. The lowest BCUT2D eigenvalue weighted by molar-refractivity contribution is 0.0793. The molecular weight excluding hydrogens is 404 g/mol. The first kappa shape index (κ1) is 19.2. The molecule has 3 rings (SSSR count). The van der Waals surface area contributed by atoms with Crippen molar-refractivity contribution in [3.63, 3.8) is 0 Å². The van der Waals surface area contributed by atoms with Crippen LogP contribution < -0.4 is 14.2 Å². The van der Waals surface area contributed by atoms with E-state index in [9.17, 15) is 17.2 Å². The molecule has 27 heavy (non-hydrogen) atoms. The minimum Gasteiger partial charge on any atom is -0.479 e. The van der Waals surface area contributed by atoms with Crippen LogP contribution in [0.15, 0.2) is 41.4 Å². The van der Waals surface area contributed by atoms with Gasteiger partial charge in [-0.05, 0) is 24.3 Å². The minimum atomic E-state index is -3.99. The number of halogens is 3. The highest BCUT2D eigenvalue weighted by Gasteiger charge is 2.22. The molecule has 144 valence electrons. The molecule has 0 aliphatic heterocycles.